The second-order valence-electron chi connectivity index (χ2n) is 4.71. The van der Waals surface area contributed by atoms with Gasteiger partial charge in [0.05, 0.1) is 12.2 Å². The van der Waals surface area contributed by atoms with Crippen LogP contribution >= 0.6 is 0 Å². The minimum atomic E-state index is -0.324. The van der Waals surface area contributed by atoms with Crippen LogP contribution in [0.2, 0.25) is 0 Å². The Morgan fingerprint density at radius 2 is 2.12 bits per heavy atom. The predicted molar refractivity (Wildman–Crippen MR) is 69.9 cm³/mol. The van der Waals surface area contributed by atoms with Crippen molar-refractivity contribution in [3.8, 4) is 0 Å². The van der Waals surface area contributed by atoms with Crippen molar-refractivity contribution in [1.29, 1.82) is 0 Å². The van der Waals surface area contributed by atoms with Crippen molar-refractivity contribution in [2.24, 2.45) is 5.92 Å². The summed E-state index contributed by atoms with van der Waals surface area (Å²) in [5, 5.41) is 0. The number of hydrogen-bond donors (Lipinski definition) is 1. The largest absolute Gasteiger partial charge is 0.462 e. The molecular weight excluding hydrogens is 214 g/mol. The number of ether oxygens (including phenoxy) is 1. The van der Waals surface area contributed by atoms with Crippen LogP contribution in [0.4, 0.5) is 5.69 Å². The van der Waals surface area contributed by atoms with Gasteiger partial charge in [0.1, 0.15) is 0 Å². The maximum Gasteiger partial charge on any atom is 0.340 e. The molecule has 3 heteroatoms. The quantitative estimate of drug-likeness (QED) is 0.484. The molecule has 0 saturated heterocycles. The number of anilines is 1. The van der Waals surface area contributed by atoms with Crippen molar-refractivity contribution in [3.05, 3.63) is 29.3 Å². The fourth-order valence-electron chi connectivity index (χ4n) is 1.59. The molecule has 1 aromatic rings. The molecule has 17 heavy (non-hydrogen) atoms. The lowest BCUT2D eigenvalue weighted by Gasteiger charge is -2.09. The first-order valence-electron chi connectivity index (χ1n) is 6.04. The fraction of sp³-hybridized carbons (Fsp3) is 0.500. The molecule has 0 fully saturated rings. The molecule has 0 aromatic heterocycles. The van der Waals surface area contributed by atoms with Gasteiger partial charge in [-0.25, -0.2) is 4.79 Å². The molecule has 0 bridgehead atoms. The van der Waals surface area contributed by atoms with Crippen LogP contribution in [-0.4, -0.2) is 12.6 Å². The Balaban J connectivity index is 2.50. The van der Waals surface area contributed by atoms with Gasteiger partial charge in [-0.1, -0.05) is 26.0 Å². The number of nitrogens with two attached hydrogens (primary N) is 1. The van der Waals surface area contributed by atoms with Gasteiger partial charge >= 0.3 is 5.97 Å². The zero-order chi connectivity index (χ0) is 12.8. The van der Waals surface area contributed by atoms with Gasteiger partial charge in [-0.3, -0.25) is 0 Å². The number of carbonyl (C=O) groups is 1. The van der Waals surface area contributed by atoms with Gasteiger partial charge in [0.25, 0.3) is 0 Å². The van der Waals surface area contributed by atoms with Crippen molar-refractivity contribution < 1.29 is 9.53 Å². The third-order valence-electron chi connectivity index (χ3n) is 2.70. The van der Waals surface area contributed by atoms with Crippen LogP contribution in [0.15, 0.2) is 18.2 Å². The van der Waals surface area contributed by atoms with Gasteiger partial charge in [-0.15, -0.1) is 0 Å². The van der Waals surface area contributed by atoms with E-state index in [0.717, 1.165) is 18.4 Å². The third-order valence-corrected chi connectivity index (χ3v) is 2.70. The molecule has 0 aliphatic rings. The molecule has 0 spiro atoms. The molecule has 0 unspecified atom stereocenters. The molecule has 0 radical (unpaired) electrons. The summed E-state index contributed by atoms with van der Waals surface area (Å²) in [6, 6.07) is 5.40. The molecule has 0 atom stereocenters. The second kappa shape index (κ2) is 6.28. The summed E-state index contributed by atoms with van der Waals surface area (Å²) < 4.78 is 5.20. The molecule has 0 heterocycles. The van der Waals surface area contributed by atoms with E-state index in [1.165, 1.54) is 0 Å². The van der Waals surface area contributed by atoms with E-state index in [2.05, 4.69) is 13.8 Å². The van der Waals surface area contributed by atoms with E-state index in [4.69, 9.17) is 10.5 Å². The lowest BCUT2D eigenvalue weighted by Crippen LogP contribution is -2.10. The molecule has 0 aliphatic carbocycles. The van der Waals surface area contributed by atoms with Gasteiger partial charge < -0.3 is 10.5 Å². The van der Waals surface area contributed by atoms with Crippen molar-refractivity contribution >= 4 is 11.7 Å². The van der Waals surface area contributed by atoms with Gasteiger partial charge in [0, 0.05) is 5.69 Å². The Kier molecular flexibility index (Phi) is 5.01. The Bertz CT molecular complexity index is 386. The van der Waals surface area contributed by atoms with E-state index in [1.807, 2.05) is 19.1 Å². The minimum absolute atomic E-state index is 0.324. The summed E-state index contributed by atoms with van der Waals surface area (Å²) in [6.45, 7) is 6.65. The Hall–Kier alpha value is -1.51. The van der Waals surface area contributed by atoms with E-state index in [1.54, 1.807) is 6.07 Å². The number of esters is 1. The van der Waals surface area contributed by atoms with E-state index >= 15 is 0 Å². The lowest BCUT2D eigenvalue weighted by molar-refractivity contribution is 0.0496. The first kappa shape index (κ1) is 13.6. The molecule has 0 amide bonds. The highest BCUT2D eigenvalue weighted by Gasteiger charge is 2.11. The molecule has 94 valence electrons. The number of carbonyl (C=O) groups excluding carboxylic acids is 1. The summed E-state index contributed by atoms with van der Waals surface area (Å²) in [5.74, 6) is 0.313. The van der Waals surface area contributed by atoms with E-state index in [0.29, 0.717) is 23.8 Å². The van der Waals surface area contributed by atoms with Crippen LogP contribution in [0.25, 0.3) is 0 Å². The zero-order valence-electron chi connectivity index (χ0n) is 10.8. The van der Waals surface area contributed by atoms with Crippen LogP contribution in [0.3, 0.4) is 0 Å². The van der Waals surface area contributed by atoms with E-state index < -0.39 is 0 Å². The van der Waals surface area contributed by atoms with Crippen LogP contribution in [0.1, 0.15) is 42.6 Å². The SMILES string of the molecule is Cc1cccc(C(=O)OCCCC(C)C)c1N. The normalized spacial score (nSPS) is 10.6. The minimum Gasteiger partial charge on any atom is -0.462 e. The molecule has 0 saturated carbocycles. The smallest absolute Gasteiger partial charge is 0.340 e. The summed E-state index contributed by atoms with van der Waals surface area (Å²) in [5.41, 5.74) is 7.72. The van der Waals surface area contributed by atoms with Crippen LogP contribution in [0.5, 0.6) is 0 Å². The molecule has 1 rings (SSSR count). The van der Waals surface area contributed by atoms with Gasteiger partial charge in [-0.2, -0.15) is 0 Å². The first-order chi connectivity index (χ1) is 8.02. The number of aryl methyl sites for hydroxylation is 1. The molecule has 2 N–H and O–H groups in total. The second-order valence-corrected chi connectivity index (χ2v) is 4.71. The molecular formula is C14H21NO2. The number of hydrogen-bond acceptors (Lipinski definition) is 3. The number of nitrogen functional groups attached to an aromatic ring is 1. The summed E-state index contributed by atoms with van der Waals surface area (Å²) in [6.07, 6.45) is 1.96. The molecule has 3 nitrogen and oxygen atoms in total. The highest BCUT2D eigenvalue weighted by molar-refractivity contribution is 5.95. The van der Waals surface area contributed by atoms with Crippen LogP contribution < -0.4 is 5.73 Å². The summed E-state index contributed by atoms with van der Waals surface area (Å²) in [4.78, 5) is 11.8. The summed E-state index contributed by atoms with van der Waals surface area (Å²) >= 11 is 0. The van der Waals surface area contributed by atoms with Crippen molar-refractivity contribution in [2.45, 2.75) is 33.6 Å². The lowest BCUT2D eigenvalue weighted by atomic mass is 10.1. The Morgan fingerprint density at radius 3 is 2.76 bits per heavy atom. The Morgan fingerprint density at radius 1 is 1.41 bits per heavy atom. The molecule has 1 aromatic carbocycles. The van der Waals surface area contributed by atoms with Crippen molar-refractivity contribution in [2.75, 3.05) is 12.3 Å². The zero-order valence-corrected chi connectivity index (χ0v) is 10.8. The number of benzene rings is 1. The average Bonchev–Trinajstić information content (AvgIpc) is 2.27. The van der Waals surface area contributed by atoms with Gasteiger partial charge in [-0.05, 0) is 37.3 Å². The first-order valence-corrected chi connectivity index (χ1v) is 6.04. The van der Waals surface area contributed by atoms with Crippen molar-refractivity contribution in [1.82, 2.24) is 0 Å². The fourth-order valence-corrected chi connectivity index (χ4v) is 1.59. The van der Waals surface area contributed by atoms with Crippen LogP contribution in [-0.2, 0) is 4.74 Å². The highest BCUT2D eigenvalue weighted by Crippen LogP contribution is 2.17. The molecule has 0 aliphatic heterocycles. The number of para-hydroxylation sites is 1. The van der Waals surface area contributed by atoms with Crippen LogP contribution in [0, 0.1) is 12.8 Å². The van der Waals surface area contributed by atoms with Crippen molar-refractivity contribution in [3.63, 3.8) is 0 Å². The standard InChI is InChI=1S/C14H21NO2/c1-10(2)6-5-9-17-14(16)12-8-4-7-11(3)13(12)15/h4,7-8,10H,5-6,9,15H2,1-3H3. The van der Waals surface area contributed by atoms with E-state index in [-0.39, 0.29) is 5.97 Å². The highest BCUT2D eigenvalue weighted by atomic mass is 16.5. The topological polar surface area (TPSA) is 52.3 Å². The maximum absolute atomic E-state index is 11.8. The summed E-state index contributed by atoms with van der Waals surface area (Å²) in [7, 11) is 0. The monoisotopic (exact) mass is 235 g/mol. The predicted octanol–water partition coefficient (Wildman–Crippen LogP) is 3.17. The average molecular weight is 235 g/mol. The van der Waals surface area contributed by atoms with E-state index in [9.17, 15) is 4.79 Å². The van der Waals surface area contributed by atoms with Gasteiger partial charge in [0.15, 0.2) is 0 Å². The number of rotatable bonds is 5. The third kappa shape index (κ3) is 4.10. The van der Waals surface area contributed by atoms with Gasteiger partial charge in [0.2, 0.25) is 0 Å². The Labute approximate surface area is 103 Å². The maximum atomic E-state index is 11.8.